The SMILES string of the molecule is CC1=C(C(=O)N(C)Cc2cccnc2)OCCO1. The zero-order chi connectivity index (χ0) is 13.0. The highest BCUT2D eigenvalue weighted by atomic mass is 16.6. The minimum Gasteiger partial charge on any atom is -0.491 e. The fourth-order valence-corrected chi connectivity index (χ4v) is 1.73. The summed E-state index contributed by atoms with van der Waals surface area (Å²) in [5.41, 5.74) is 0.975. The number of ether oxygens (including phenoxy) is 2. The topological polar surface area (TPSA) is 51.7 Å². The summed E-state index contributed by atoms with van der Waals surface area (Å²) < 4.78 is 10.7. The smallest absolute Gasteiger partial charge is 0.292 e. The van der Waals surface area contributed by atoms with Crippen molar-refractivity contribution in [3.63, 3.8) is 0 Å². The number of carbonyl (C=O) groups is 1. The van der Waals surface area contributed by atoms with Crippen molar-refractivity contribution in [2.24, 2.45) is 0 Å². The van der Waals surface area contributed by atoms with Crippen LogP contribution in [0.25, 0.3) is 0 Å². The van der Waals surface area contributed by atoms with Gasteiger partial charge in [-0.1, -0.05) is 6.07 Å². The second-order valence-electron chi connectivity index (χ2n) is 4.10. The van der Waals surface area contributed by atoms with Gasteiger partial charge in [-0.05, 0) is 18.6 Å². The van der Waals surface area contributed by atoms with Crippen molar-refractivity contribution in [2.75, 3.05) is 20.3 Å². The highest BCUT2D eigenvalue weighted by Crippen LogP contribution is 2.16. The number of amides is 1. The summed E-state index contributed by atoms with van der Waals surface area (Å²) in [5, 5.41) is 0. The Morgan fingerprint density at radius 1 is 1.44 bits per heavy atom. The van der Waals surface area contributed by atoms with Gasteiger partial charge >= 0.3 is 0 Å². The molecular formula is C13H16N2O3. The largest absolute Gasteiger partial charge is 0.491 e. The van der Waals surface area contributed by atoms with Crippen molar-refractivity contribution in [2.45, 2.75) is 13.5 Å². The van der Waals surface area contributed by atoms with Crippen LogP contribution >= 0.6 is 0 Å². The number of nitrogens with zero attached hydrogens (tertiary/aromatic N) is 2. The van der Waals surface area contributed by atoms with Gasteiger partial charge in [0.2, 0.25) is 5.76 Å². The summed E-state index contributed by atoms with van der Waals surface area (Å²) in [6.07, 6.45) is 3.44. The molecule has 0 aliphatic carbocycles. The summed E-state index contributed by atoms with van der Waals surface area (Å²) >= 11 is 0. The Bertz CT molecular complexity index is 457. The molecule has 0 N–H and O–H groups in total. The minimum absolute atomic E-state index is 0.170. The van der Waals surface area contributed by atoms with Gasteiger partial charge in [0, 0.05) is 26.0 Å². The molecule has 0 saturated carbocycles. The summed E-state index contributed by atoms with van der Waals surface area (Å²) in [7, 11) is 1.73. The standard InChI is InChI=1S/C13H16N2O3/c1-10-12(18-7-6-17-10)13(16)15(2)9-11-4-3-5-14-8-11/h3-5,8H,6-7,9H2,1-2H3. The lowest BCUT2D eigenvalue weighted by Crippen LogP contribution is -2.31. The quantitative estimate of drug-likeness (QED) is 0.809. The van der Waals surface area contributed by atoms with Gasteiger partial charge in [-0.2, -0.15) is 0 Å². The molecular weight excluding hydrogens is 232 g/mol. The van der Waals surface area contributed by atoms with E-state index in [1.54, 1.807) is 31.3 Å². The highest BCUT2D eigenvalue weighted by Gasteiger charge is 2.23. The van der Waals surface area contributed by atoms with Crippen molar-refractivity contribution >= 4 is 5.91 Å². The Labute approximate surface area is 106 Å². The number of hydrogen-bond acceptors (Lipinski definition) is 4. The van der Waals surface area contributed by atoms with Gasteiger partial charge in [-0.25, -0.2) is 0 Å². The average molecular weight is 248 g/mol. The van der Waals surface area contributed by atoms with Gasteiger partial charge in [0.15, 0.2) is 0 Å². The van der Waals surface area contributed by atoms with Crippen LogP contribution in [0.3, 0.4) is 0 Å². The number of rotatable bonds is 3. The normalized spacial score (nSPS) is 14.8. The number of carbonyl (C=O) groups excluding carboxylic acids is 1. The number of hydrogen-bond donors (Lipinski definition) is 0. The molecule has 2 rings (SSSR count). The molecule has 1 aromatic rings. The van der Waals surface area contributed by atoms with Crippen molar-refractivity contribution in [3.05, 3.63) is 41.6 Å². The molecule has 18 heavy (non-hydrogen) atoms. The van der Waals surface area contributed by atoms with Gasteiger partial charge in [-0.3, -0.25) is 9.78 Å². The predicted molar refractivity (Wildman–Crippen MR) is 65.3 cm³/mol. The van der Waals surface area contributed by atoms with E-state index >= 15 is 0 Å². The molecule has 0 bridgehead atoms. The Balaban J connectivity index is 2.05. The number of likely N-dealkylation sites (N-methyl/N-ethyl adjacent to an activating group) is 1. The van der Waals surface area contributed by atoms with Gasteiger partial charge < -0.3 is 14.4 Å². The summed E-state index contributed by atoms with van der Waals surface area (Å²) in [6.45, 7) is 3.14. The molecule has 0 aromatic carbocycles. The molecule has 0 saturated heterocycles. The lowest BCUT2D eigenvalue weighted by atomic mass is 10.2. The third-order valence-electron chi connectivity index (χ3n) is 2.65. The molecule has 0 fully saturated rings. The van der Waals surface area contributed by atoms with Crippen molar-refractivity contribution < 1.29 is 14.3 Å². The maximum atomic E-state index is 12.2. The van der Waals surface area contributed by atoms with Crippen LogP contribution in [0.15, 0.2) is 36.0 Å². The minimum atomic E-state index is -0.170. The lowest BCUT2D eigenvalue weighted by Gasteiger charge is -2.23. The maximum absolute atomic E-state index is 12.2. The monoisotopic (exact) mass is 248 g/mol. The van der Waals surface area contributed by atoms with E-state index in [0.717, 1.165) is 5.56 Å². The Morgan fingerprint density at radius 3 is 2.89 bits per heavy atom. The fraction of sp³-hybridized carbons (Fsp3) is 0.385. The van der Waals surface area contributed by atoms with Crippen molar-refractivity contribution in [1.82, 2.24) is 9.88 Å². The molecule has 96 valence electrons. The first-order chi connectivity index (χ1) is 8.68. The van der Waals surface area contributed by atoms with E-state index in [-0.39, 0.29) is 5.91 Å². The number of aromatic nitrogens is 1. The first-order valence-electron chi connectivity index (χ1n) is 5.79. The molecule has 1 aliphatic heterocycles. The van der Waals surface area contributed by atoms with Crippen LogP contribution in [0, 0.1) is 0 Å². The molecule has 1 amide bonds. The lowest BCUT2D eigenvalue weighted by molar-refractivity contribution is -0.132. The molecule has 5 heteroatoms. The molecule has 2 heterocycles. The van der Waals surface area contributed by atoms with E-state index in [2.05, 4.69) is 4.98 Å². The molecule has 1 aromatic heterocycles. The van der Waals surface area contributed by atoms with Crippen LogP contribution in [0.5, 0.6) is 0 Å². The zero-order valence-corrected chi connectivity index (χ0v) is 10.5. The second-order valence-corrected chi connectivity index (χ2v) is 4.10. The van der Waals surface area contributed by atoms with Crippen LogP contribution in [0.1, 0.15) is 12.5 Å². The van der Waals surface area contributed by atoms with Gasteiger partial charge in [-0.15, -0.1) is 0 Å². The molecule has 0 atom stereocenters. The van der Waals surface area contributed by atoms with E-state index in [9.17, 15) is 4.79 Å². The van der Waals surface area contributed by atoms with Crippen LogP contribution in [0.2, 0.25) is 0 Å². The summed E-state index contributed by atoms with van der Waals surface area (Å²) in [4.78, 5) is 17.8. The van der Waals surface area contributed by atoms with Crippen molar-refractivity contribution in [3.8, 4) is 0 Å². The van der Waals surface area contributed by atoms with Crippen LogP contribution < -0.4 is 0 Å². The number of allylic oxidation sites excluding steroid dienone is 1. The zero-order valence-electron chi connectivity index (χ0n) is 10.5. The summed E-state index contributed by atoms with van der Waals surface area (Å²) in [5.74, 6) is 0.674. The Hall–Kier alpha value is -2.04. The predicted octanol–water partition coefficient (Wildman–Crippen LogP) is 1.32. The van der Waals surface area contributed by atoms with E-state index < -0.39 is 0 Å². The van der Waals surface area contributed by atoms with E-state index in [1.807, 2.05) is 12.1 Å². The Kier molecular flexibility index (Phi) is 3.82. The molecule has 0 radical (unpaired) electrons. The average Bonchev–Trinajstić information content (AvgIpc) is 2.39. The highest BCUT2D eigenvalue weighted by molar-refractivity contribution is 5.91. The van der Waals surface area contributed by atoms with E-state index in [0.29, 0.717) is 31.3 Å². The third kappa shape index (κ3) is 2.80. The van der Waals surface area contributed by atoms with Gasteiger partial charge in [0.05, 0.1) is 0 Å². The van der Waals surface area contributed by atoms with Crippen molar-refractivity contribution in [1.29, 1.82) is 0 Å². The second kappa shape index (κ2) is 5.53. The Morgan fingerprint density at radius 2 is 2.22 bits per heavy atom. The first-order valence-corrected chi connectivity index (χ1v) is 5.79. The molecule has 0 spiro atoms. The summed E-state index contributed by atoms with van der Waals surface area (Å²) in [6, 6.07) is 3.77. The molecule has 1 aliphatic rings. The van der Waals surface area contributed by atoms with Crippen LogP contribution in [-0.2, 0) is 20.8 Å². The molecule has 5 nitrogen and oxygen atoms in total. The number of pyridine rings is 1. The third-order valence-corrected chi connectivity index (χ3v) is 2.65. The maximum Gasteiger partial charge on any atom is 0.292 e. The van der Waals surface area contributed by atoms with E-state index in [4.69, 9.17) is 9.47 Å². The van der Waals surface area contributed by atoms with Gasteiger partial charge in [0.1, 0.15) is 19.0 Å². The molecule has 0 unspecified atom stereocenters. The van der Waals surface area contributed by atoms with E-state index in [1.165, 1.54) is 0 Å². The van der Waals surface area contributed by atoms with Crippen LogP contribution in [0.4, 0.5) is 0 Å². The van der Waals surface area contributed by atoms with Crippen LogP contribution in [-0.4, -0.2) is 36.1 Å². The first kappa shape index (κ1) is 12.4. The van der Waals surface area contributed by atoms with Gasteiger partial charge in [0.25, 0.3) is 5.91 Å². The fourth-order valence-electron chi connectivity index (χ4n) is 1.73.